The zero-order valence-corrected chi connectivity index (χ0v) is 20.6. The van der Waals surface area contributed by atoms with Gasteiger partial charge in [0.05, 0.1) is 0 Å². The van der Waals surface area contributed by atoms with Gasteiger partial charge in [-0.15, -0.1) is 0 Å². The fourth-order valence-corrected chi connectivity index (χ4v) is 5.67. The number of hydrogen-bond donors (Lipinski definition) is 0. The first-order valence-electron chi connectivity index (χ1n) is 12.7. The van der Waals surface area contributed by atoms with Gasteiger partial charge in [-0.1, -0.05) is 103 Å². The summed E-state index contributed by atoms with van der Waals surface area (Å²) in [5, 5.41) is 7.64. The van der Waals surface area contributed by atoms with Gasteiger partial charge in [0.15, 0.2) is 0 Å². The minimum absolute atomic E-state index is 1.17. The second-order valence-corrected chi connectivity index (χ2v) is 9.72. The number of aryl methyl sites for hydroxylation is 1. The minimum Gasteiger partial charge on any atom is -0.265 e. The molecule has 1 nitrogen and oxygen atoms in total. The smallest absolute Gasteiger partial charge is 0.0273 e. The van der Waals surface area contributed by atoms with E-state index in [1.807, 2.05) is 12.4 Å². The topological polar surface area (TPSA) is 12.9 Å². The molecule has 0 aliphatic heterocycles. The van der Waals surface area contributed by atoms with Gasteiger partial charge in [0.1, 0.15) is 0 Å². The van der Waals surface area contributed by atoms with E-state index in [2.05, 4.69) is 133 Å². The van der Waals surface area contributed by atoms with Crippen LogP contribution >= 0.6 is 0 Å². The van der Waals surface area contributed by atoms with E-state index < -0.39 is 0 Å². The highest BCUT2D eigenvalue weighted by atomic mass is 14.6. The molecule has 1 heterocycles. The van der Waals surface area contributed by atoms with Crippen LogP contribution in [0.15, 0.2) is 134 Å². The quantitative estimate of drug-likeness (QED) is 0.234. The molecule has 6 aromatic carbocycles. The van der Waals surface area contributed by atoms with Gasteiger partial charge < -0.3 is 0 Å². The van der Waals surface area contributed by atoms with E-state index in [4.69, 9.17) is 0 Å². The van der Waals surface area contributed by atoms with Crippen LogP contribution in [0.25, 0.3) is 65.7 Å². The monoisotopic (exact) mass is 471 g/mol. The third-order valence-corrected chi connectivity index (χ3v) is 7.38. The van der Waals surface area contributed by atoms with Gasteiger partial charge in [-0.05, 0) is 96.9 Å². The van der Waals surface area contributed by atoms with Crippen molar-refractivity contribution in [3.05, 3.63) is 139 Å². The Labute approximate surface area is 216 Å². The lowest BCUT2D eigenvalue weighted by molar-refractivity contribution is 1.33. The summed E-state index contributed by atoms with van der Waals surface area (Å²) in [6, 6.07) is 44.3. The number of benzene rings is 6. The molecular formula is C36H25N. The second-order valence-electron chi connectivity index (χ2n) is 9.72. The molecule has 0 radical (unpaired) electrons. The average Bonchev–Trinajstić information content (AvgIpc) is 2.96. The Morgan fingerprint density at radius 2 is 0.946 bits per heavy atom. The molecule has 0 saturated heterocycles. The molecule has 7 rings (SSSR count). The van der Waals surface area contributed by atoms with Crippen LogP contribution in [0.5, 0.6) is 0 Å². The molecule has 0 fully saturated rings. The summed E-state index contributed by atoms with van der Waals surface area (Å²) in [5.74, 6) is 0. The molecule has 174 valence electrons. The summed E-state index contributed by atoms with van der Waals surface area (Å²) in [6.07, 6.45) is 3.71. The zero-order chi connectivity index (χ0) is 24.8. The summed E-state index contributed by atoms with van der Waals surface area (Å²) >= 11 is 0. The van der Waals surface area contributed by atoms with Crippen molar-refractivity contribution in [2.24, 2.45) is 0 Å². The van der Waals surface area contributed by atoms with Crippen molar-refractivity contribution in [1.82, 2.24) is 4.98 Å². The molecule has 1 heteroatoms. The van der Waals surface area contributed by atoms with Crippen LogP contribution in [0.2, 0.25) is 0 Å². The number of nitrogens with zero attached hydrogens (tertiary/aromatic N) is 1. The summed E-state index contributed by atoms with van der Waals surface area (Å²) in [7, 11) is 0. The van der Waals surface area contributed by atoms with E-state index in [1.165, 1.54) is 71.3 Å². The Balaban J connectivity index is 1.54. The van der Waals surface area contributed by atoms with Crippen LogP contribution in [0.1, 0.15) is 5.56 Å². The first kappa shape index (κ1) is 21.5. The summed E-state index contributed by atoms with van der Waals surface area (Å²) in [6.45, 7) is 2.15. The van der Waals surface area contributed by atoms with Gasteiger partial charge in [0, 0.05) is 12.4 Å². The van der Waals surface area contributed by atoms with Gasteiger partial charge in [-0.25, -0.2) is 0 Å². The third kappa shape index (κ3) is 3.68. The third-order valence-electron chi connectivity index (χ3n) is 7.38. The number of rotatable bonds is 3. The fourth-order valence-electron chi connectivity index (χ4n) is 5.67. The van der Waals surface area contributed by atoms with Crippen LogP contribution in [-0.4, -0.2) is 4.98 Å². The van der Waals surface area contributed by atoms with Crippen molar-refractivity contribution in [3.8, 4) is 33.4 Å². The number of aromatic nitrogens is 1. The Bertz CT molecular complexity index is 1880. The standard InChI is InChI=1S/C36H25N/c1-24-13-14-28-23-30(16-15-27(28)21-24)36-33-11-4-2-9-31(33)35(32-10-3-5-12-34(32)36)29-8-6-7-26(22-29)25-17-19-37-20-18-25/h2-23H,1H3. The Morgan fingerprint density at radius 1 is 0.405 bits per heavy atom. The molecule has 0 amide bonds. The van der Waals surface area contributed by atoms with Crippen LogP contribution in [0.3, 0.4) is 0 Å². The van der Waals surface area contributed by atoms with Gasteiger partial charge in [0.2, 0.25) is 0 Å². The summed E-state index contributed by atoms with van der Waals surface area (Å²) < 4.78 is 0. The van der Waals surface area contributed by atoms with Crippen LogP contribution in [-0.2, 0) is 0 Å². The van der Waals surface area contributed by atoms with Gasteiger partial charge in [0.25, 0.3) is 0 Å². The van der Waals surface area contributed by atoms with E-state index >= 15 is 0 Å². The predicted molar refractivity (Wildman–Crippen MR) is 158 cm³/mol. The SMILES string of the molecule is Cc1ccc2cc(-c3c4ccccc4c(-c4cccc(-c5ccncc5)c4)c4ccccc34)ccc2c1. The van der Waals surface area contributed by atoms with Crippen LogP contribution < -0.4 is 0 Å². The molecule has 0 aliphatic rings. The molecule has 0 atom stereocenters. The van der Waals surface area contributed by atoms with Gasteiger partial charge in [-0.2, -0.15) is 0 Å². The van der Waals surface area contributed by atoms with E-state index in [1.54, 1.807) is 0 Å². The fraction of sp³-hybridized carbons (Fsp3) is 0.0278. The van der Waals surface area contributed by atoms with Crippen molar-refractivity contribution in [2.45, 2.75) is 6.92 Å². The predicted octanol–water partition coefficient (Wildman–Crippen LogP) is 9.85. The van der Waals surface area contributed by atoms with Crippen LogP contribution in [0, 0.1) is 6.92 Å². The second kappa shape index (κ2) is 8.72. The summed E-state index contributed by atoms with van der Waals surface area (Å²) in [5.41, 5.74) is 8.71. The Kier molecular flexibility index (Phi) is 5.08. The number of hydrogen-bond acceptors (Lipinski definition) is 1. The molecule has 0 unspecified atom stereocenters. The molecule has 1 aromatic heterocycles. The molecule has 0 spiro atoms. The molecule has 0 saturated carbocycles. The van der Waals surface area contributed by atoms with Crippen molar-refractivity contribution in [2.75, 3.05) is 0 Å². The molecule has 0 bridgehead atoms. The maximum Gasteiger partial charge on any atom is 0.0273 e. The molecule has 0 aliphatic carbocycles. The molecule has 0 N–H and O–H groups in total. The lowest BCUT2D eigenvalue weighted by atomic mass is 9.85. The van der Waals surface area contributed by atoms with Crippen molar-refractivity contribution < 1.29 is 0 Å². The first-order valence-corrected chi connectivity index (χ1v) is 12.7. The normalized spacial score (nSPS) is 11.4. The highest BCUT2D eigenvalue weighted by molar-refractivity contribution is 6.21. The number of fused-ring (bicyclic) bond motifs is 3. The van der Waals surface area contributed by atoms with E-state index in [9.17, 15) is 0 Å². The van der Waals surface area contributed by atoms with E-state index in [0.717, 1.165) is 0 Å². The Morgan fingerprint density at radius 3 is 1.59 bits per heavy atom. The molecule has 37 heavy (non-hydrogen) atoms. The van der Waals surface area contributed by atoms with Gasteiger partial charge >= 0.3 is 0 Å². The van der Waals surface area contributed by atoms with E-state index in [-0.39, 0.29) is 0 Å². The van der Waals surface area contributed by atoms with Gasteiger partial charge in [-0.3, -0.25) is 4.98 Å². The number of pyridine rings is 1. The highest BCUT2D eigenvalue weighted by Gasteiger charge is 2.17. The first-order chi connectivity index (χ1) is 18.3. The van der Waals surface area contributed by atoms with Crippen LogP contribution in [0.4, 0.5) is 0 Å². The molecule has 7 aromatic rings. The lowest BCUT2D eigenvalue weighted by Gasteiger charge is -2.18. The summed E-state index contributed by atoms with van der Waals surface area (Å²) in [4.78, 5) is 4.19. The maximum absolute atomic E-state index is 4.19. The highest BCUT2D eigenvalue weighted by Crippen LogP contribution is 2.44. The average molecular weight is 472 g/mol. The lowest BCUT2D eigenvalue weighted by Crippen LogP contribution is -1.91. The minimum atomic E-state index is 1.17. The van der Waals surface area contributed by atoms with Crippen molar-refractivity contribution >= 4 is 32.3 Å². The maximum atomic E-state index is 4.19. The molecular weight excluding hydrogens is 446 g/mol. The van der Waals surface area contributed by atoms with Crippen molar-refractivity contribution in [3.63, 3.8) is 0 Å². The largest absolute Gasteiger partial charge is 0.265 e. The van der Waals surface area contributed by atoms with Crippen molar-refractivity contribution in [1.29, 1.82) is 0 Å². The van der Waals surface area contributed by atoms with E-state index in [0.29, 0.717) is 0 Å². The Hall–Kier alpha value is -4.75. The zero-order valence-electron chi connectivity index (χ0n) is 20.6.